The van der Waals surface area contributed by atoms with Crippen LogP contribution in [0.25, 0.3) is 10.4 Å². The Kier molecular flexibility index (Phi) is 4.20. The van der Waals surface area contributed by atoms with E-state index in [1.54, 1.807) is 12.3 Å². The molecule has 0 saturated heterocycles. The van der Waals surface area contributed by atoms with E-state index in [-0.39, 0.29) is 12.1 Å². The molecule has 1 heterocycles. The van der Waals surface area contributed by atoms with Crippen LogP contribution in [-0.2, 0) is 9.16 Å². The van der Waals surface area contributed by atoms with Crippen LogP contribution in [0.2, 0.25) is 19.6 Å². The van der Waals surface area contributed by atoms with Crippen LogP contribution in [0, 0.1) is 0 Å². The van der Waals surface area contributed by atoms with Gasteiger partial charge in [0.05, 0.1) is 18.9 Å². The first-order chi connectivity index (χ1) is 7.01. The van der Waals surface area contributed by atoms with Crippen LogP contribution in [0.4, 0.5) is 0 Å². The molecule has 1 aliphatic heterocycles. The number of hydrogen-bond donors (Lipinski definition) is 0. The fraction of sp³-hybridized carbons (Fsp3) is 0.778. The van der Waals surface area contributed by atoms with Gasteiger partial charge in [0.2, 0.25) is 0 Å². The first-order valence-corrected chi connectivity index (χ1v) is 8.42. The highest BCUT2D eigenvalue weighted by Gasteiger charge is 2.22. The van der Waals surface area contributed by atoms with E-state index in [4.69, 9.17) is 14.7 Å². The number of ether oxygens (including phenoxy) is 1. The number of nitrogens with zero attached hydrogens (tertiary/aromatic N) is 3. The molecule has 0 radical (unpaired) electrons. The van der Waals surface area contributed by atoms with Crippen LogP contribution in [0.1, 0.15) is 6.42 Å². The molecule has 0 amide bonds. The summed E-state index contributed by atoms with van der Waals surface area (Å²) in [6, 6.07) is -0.0982. The number of rotatable bonds is 4. The molecule has 0 fully saturated rings. The molecule has 0 spiro atoms. The number of azide groups is 1. The molecule has 0 aromatic carbocycles. The Morgan fingerprint density at radius 1 is 1.60 bits per heavy atom. The fourth-order valence-corrected chi connectivity index (χ4v) is 1.94. The first kappa shape index (κ1) is 12.1. The summed E-state index contributed by atoms with van der Waals surface area (Å²) in [6.45, 7) is 6.99. The molecule has 0 aromatic rings. The van der Waals surface area contributed by atoms with E-state index in [9.17, 15) is 0 Å². The van der Waals surface area contributed by atoms with Gasteiger partial charge in [-0.2, -0.15) is 0 Å². The summed E-state index contributed by atoms with van der Waals surface area (Å²) in [5.74, 6) is 0. The molecule has 84 valence electrons. The SMILES string of the molecule is C[Si](C)(C)OC[C@H]1C[C@H](N=[N+]=[N-])C=CO1. The zero-order valence-corrected chi connectivity index (χ0v) is 10.4. The predicted molar refractivity (Wildman–Crippen MR) is 60.9 cm³/mol. The van der Waals surface area contributed by atoms with Crippen LogP contribution in [-0.4, -0.2) is 27.1 Å². The second-order valence-electron chi connectivity index (χ2n) is 4.52. The maximum absolute atomic E-state index is 8.32. The molecule has 0 bridgehead atoms. The smallest absolute Gasteiger partial charge is 0.183 e. The van der Waals surface area contributed by atoms with Gasteiger partial charge in [0.15, 0.2) is 8.32 Å². The summed E-state index contributed by atoms with van der Waals surface area (Å²) in [5.41, 5.74) is 8.32. The molecular formula is C9H17N3O2Si. The van der Waals surface area contributed by atoms with Gasteiger partial charge < -0.3 is 9.16 Å². The maximum Gasteiger partial charge on any atom is 0.183 e. The Balaban J connectivity index is 2.39. The van der Waals surface area contributed by atoms with Gasteiger partial charge in [-0.15, -0.1) is 0 Å². The summed E-state index contributed by atoms with van der Waals surface area (Å²) >= 11 is 0. The molecule has 15 heavy (non-hydrogen) atoms. The molecule has 1 rings (SSSR count). The van der Waals surface area contributed by atoms with Crippen LogP contribution >= 0.6 is 0 Å². The molecule has 5 nitrogen and oxygen atoms in total. The third-order valence-corrected chi connectivity index (χ3v) is 3.01. The zero-order chi connectivity index (χ0) is 11.3. The maximum atomic E-state index is 8.32. The summed E-state index contributed by atoms with van der Waals surface area (Å²) < 4.78 is 11.1. The van der Waals surface area contributed by atoms with Crippen LogP contribution in [0.3, 0.4) is 0 Å². The van der Waals surface area contributed by atoms with E-state index < -0.39 is 8.32 Å². The van der Waals surface area contributed by atoms with Gasteiger partial charge in [-0.25, -0.2) is 0 Å². The largest absolute Gasteiger partial charge is 0.496 e. The highest BCUT2D eigenvalue weighted by atomic mass is 28.4. The van der Waals surface area contributed by atoms with Crippen molar-refractivity contribution in [3.05, 3.63) is 22.8 Å². The highest BCUT2D eigenvalue weighted by Crippen LogP contribution is 2.16. The molecule has 0 saturated carbocycles. The van der Waals surface area contributed by atoms with Crippen molar-refractivity contribution < 1.29 is 9.16 Å². The Morgan fingerprint density at radius 2 is 2.33 bits per heavy atom. The van der Waals surface area contributed by atoms with E-state index in [0.717, 1.165) is 0 Å². The molecule has 0 N–H and O–H groups in total. The normalized spacial score (nSPS) is 25.5. The Labute approximate surface area is 90.8 Å². The van der Waals surface area contributed by atoms with Crippen molar-refractivity contribution in [3.63, 3.8) is 0 Å². The van der Waals surface area contributed by atoms with Gasteiger partial charge in [0, 0.05) is 4.91 Å². The van der Waals surface area contributed by atoms with Crippen molar-refractivity contribution in [2.75, 3.05) is 6.61 Å². The first-order valence-electron chi connectivity index (χ1n) is 5.01. The second-order valence-corrected chi connectivity index (χ2v) is 9.03. The van der Waals surface area contributed by atoms with E-state index in [0.29, 0.717) is 13.0 Å². The van der Waals surface area contributed by atoms with Crippen LogP contribution < -0.4 is 0 Å². The van der Waals surface area contributed by atoms with E-state index in [1.807, 2.05) is 0 Å². The summed E-state index contributed by atoms with van der Waals surface area (Å²) in [4.78, 5) is 2.79. The Morgan fingerprint density at radius 3 is 2.93 bits per heavy atom. The third kappa shape index (κ3) is 4.87. The lowest BCUT2D eigenvalue weighted by atomic mass is 10.1. The number of hydrogen-bond acceptors (Lipinski definition) is 3. The van der Waals surface area contributed by atoms with Crippen molar-refractivity contribution in [2.45, 2.75) is 38.2 Å². The lowest BCUT2D eigenvalue weighted by Crippen LogP contribution is -2.33. The quantitative estimate of drug-likeness (QED) is 0.321. The molecule has 0 aromatic heterocycles. The van der Waals surface area contributed by atoms with Crippen LogP contribution in [0.5, 0.6) is 0 Å². The van der Waals surface area contributed by atoms with Crippen molar-refractivity contribution in [1.82, 2.24) is 0 Å². The minimum Gasteiger partial charge on any atom is -0.496 e. The lowest BCUT2D eigenvalue weighted by molar-refractivity contribution is 0.0660. The van der Waals surface area contributed by atoms with E-state index in [2.05, 4.69) is 29.7 Å². The van der Waals surface area contributed by atoms with Crippen molar-refractivity contribution >= 4 is 8.32 Å². The molecule has 2 atom stereocenters. The minimum atomic E-state index is -1.49. The highest BCUT2D eigenvalue weighted by molar-refractivity contribution is 6.69. The van der Waals surface area contributed by atoms with Crippen molar-refractivity contribution in [2.24, 2.45) is 5.11 Å². The van der Waals surface area contributed by atoms with Gasteiger partial charge in [0.25, 0.3) is 0 Å². The van der Waals surface area contributed by atoms with Crippen molar-refractivity contribution in [1.29, 1.82) is 0 Å². The lowest BCUT2D eigenvalue weighted by Gasteiger charge is -2.26. The summed E-state index contributed by atoms with van der Waals surface area (Å²) in [5, 5.41) is 3.65. The van der Waals surface area contributed by atoms with E-state index >= 15 is 0 Å². The van der Waals surface area contributed by atoms with Gasteiger partial charge in [-0.1, -0.05) is 5.11 Å². The summed E-state index contributed by atoms with van der Waals surface area (Å²) in [6.07, 6.45) is 4.08. The second kappa shape index (κ2) is 5.20. The van der Waals surface area contributed by atoms with Gasteiger partial charge >= 0.3 is 0 Å². The molecule has 6 heteroatoms. The van der Waals surface area contributed by atoms with Gasteiger partial charge in [-0.3, -0.25) is 0 Å². The molecule has 1 aliphatic rings. The minimum absolute atomic E-state index is 0.0113. The van der Waals surface area contributed by atoms with E-state index in [1.165, 1.54) is 0 Å². The predicted octanol–water partition coefficient (Wildman–Crippen LogP) is 2.82. The summed E-state index contributed by atoms with van der Waals surface area (Å²) in [7, 11) is -1.49. The average Bonchev–Trinajstić information content (AvgIpc) is 2.15. The van der Waals surface area contributed by atoms with Gasteiger partial charge in [-0.05, 0) is 37.7 Å². The molecule has 0 aliphatic carbocycles. The fourth-order valence-electron chi connectivity index (χ4n) is 1.25. The molecule has 0 unspecified atom stereocenters. The standard InChI is InChI=1S/C9H17N3O2Si/c1-15(2,3)14-7-9-6-8(11-12-10)4-5-13-9/h4-5,8-9H,6-7H2,1-3H3/t8-,9-/m1/s1. The van der Waals surface area contributed by atoms with Crippen LogP contribution in [0.15, 0.2) is 17.5 Å². The van der Waals surface area contributed by atoms with Crippen molar-refractivity contribution in [3.8, 4) is 0 Å². The third-order valence-electron chi connectivity index (χ3n) is 1.98. The topological polar surface area (TPSA) is 67.2 Å². The Bertz CT molecular complexity index is 282. The average molecular weight is 227 g/mol. The Hall–Kier alpha value is -0.973. The van der Waals surface area contributed by atoms with Gasteiger partial charge in [0.1, 0.15) is 6.10 Å². The molecular weight excluding hydrogens is 210 g/mol. The zero-order valence-electron chi connectivity index (χ0n) is 9.38. The monoisotopic (exact) mass is 227 g/mol.